The zero-order valence-corrected chi connectivity index (χ0v) is 19.6. The standard InChI is InChI=1S/C26H20N4O4S/c1-16-8-10-24(35-16)18-9-11-25(31)29(27-18)15-26(32)30-20(22-7-4-12-33-22)14-19(28-30)23-13-17-5-2-3-6-21(17)34-23/h2-13,20H,14-15H2,1H3. The summed E-state index contributed by atoms with van der Waals surface area (Å²) in [6.07, 6.45) is 1.99. The molecule has 1 atom stereocenters. The smallest absolute Gasteiger partial charge is 0.267 e. The highest BCUT2D eigenvalue weighted by Gasteiger charge is 2.36. The van der Waals surface area contributed by atoms with E-state index in [0.29, 0.717) is 29.3 Å². The maximum atomic E-state index is 13.4. The second-order valence-corrected chi connectivity index (χ2v) is 9.58. The highest BCUT2D eigenvalue weighted by Crippen LogP contribution is 2.34. The minimum atomic E-state index is -0.445. The molecule has 0 aliphatic carbocycles. The molecule has 0 fully saturated rings. The summed E-state index contributed by atoms with van der Waals surface area (Å²) in [6.45, 7) is 1.76. The molecule has 0 bridgehead atoms. The second-order valence-electron chi connectivity index (χ2n) is 8.29. The van der Waals surface area contributed by atoms with E-state index in [4.69, 9.17) is 8.83 Å². The zero-order chi connectivity index (χ0) is 23.9. The fourth-order valence-electron chi connectivity index (χ4n) is 4.18. The molecule has 1 aliphatic rings. The van der Waals surface area contributed by atoms with Gasteiger partial charge in [0.25, 0.3) is 11.5 Å². The Balaban J connectivity index is 1.33. The molecule has 35 heavy (non-hydrogen) atoms. The third-order valence-corrected chi connectivity index (χ3v) is 6.92. The number of hydrogen-bond acceptors (Lipinski definition) is 7. The van der Waals surface area contributed by atoms with Gasteiger partial charge >= 0.3 is 0 Å². The number of aromatic nitrogens is 2. The van der Waals surface area contributed by atoms with Gasteiger partial charge in [0.2, 0.25) is 0 Å². The Labute approximate surface area is 203 Å². The Morgan fingerprint density at radius 2 is 2.00 bits per heavy atom. The molecule has 5 aromatic rings. The van der Waals surface area contributed by atoms with Gasteiger partial charge in [0.05, 0.1) is 11.1 Å². The predicted octanol–water partition coefficient (Wildman–Crippen LogP) is 5.00. The Morgan fingerprint density at radius 3 is 2.77 bits per heavy atom. The highest BCUT2D eigenvalue weighted by molar-refractivity contribution is 7.15. The van der Waals surface area contributed by atoms with Crippen molar-refractivity contribution in [3.05, 3.63) is 99.7 Å². The Morgan fingerprint density at radius 1 is 1.11 bits per heavy atom. The molecule has 174 valence electrons. The van der Waals surface area contributed by atoms with E-state index in [1.54, 1.807) is 29.7 Å². The van der Waals surface area contributed by atoms with E-state index in [9.17, 15) is 9.59 Å². The zero-order valence-electron chi connectivity index (χ0n) is 18.7. The quantitative estimate of drug-likeness (QED) is 0.350. The van der Waals surface area contributed by atoms with Crippen molar-refractivity contribution in [3.63, 3.8) is 0 Å². The van der Waals surface area contributed by atoms with Crippen LogP contribution in [-0.2, 0) is 11.3 Å². The summed E-state index contributed by atoms with van der Waals surface area (Å²) in [4.78, 5) is 28.0. The summed E-state index contributed by atoms with van der Waals surface area (Å²) in [5.41, 5.74) is 1.68. The van der Waals surface area contributed by atoms with Crippen LogP contribution < -0.4 is 5.56 Å². The lowest BCUT2D eigenvalue weighted by molar-refractivity contribution is -0.134. The first-order chi connectivity index (χ1) is 17.0. The Bertz CT molecular complexity index is 1590. The SMILES string of the molecule is Cc1ccc(-c2ccc(=O)n(CC(=O)N3N=C(c4cc5ccccc5o4)CC3c3ccco3)n2)s1. The lowest BCUT2D eigenvalue weighted by Gasteiger charge is -2.20. The first kappa shape index (κ1) is 21.3. The van der Waals surface area contributed by atoms with Gasteiger partial charge < -0.3 is 8.83 Å². The van der Waals surface area contributed by atoms with Crippen LogP contribution in [0.4, 0.5) is 0 Å². The van der Waals surface area contributed by atoms with Crippen molar-refractivity contribution >= 4 is 33.9 Å². The monoisotopic (exact) mass is 484 g/mol. The molecule has 4 aromatic heterocycles. The first-order valence-electron chi connectivity index (χ1n) is 11.1. The van der Waals surface area contributed by atoms with E-state index in [1.165, 1.54) is 15.8 Å². The van der Waals surface area contributed by atoms with E-state index in [0.717, 1.165) is 20.7 Å². The maximum absolute atomic E-state index is 13.4. The first-order valence-corrected chi connectivity index (χ1v) is 11.9. The van der Waals surface area contributed by atoms with E-state index in [1.807, 2.05) is 55.5 Å². The second kappa shape index (κ2) is 8.52. The number of rotatable bonds is 5. The van der Waals surface area contributed by atoms with E-state index in [2.05, 4.69) is 10.2 Å². The number of carbonyl (C=O) groups excluding carboxylic acids is 1. The van der Waals surface area contributed by atoms with Crippen LogP contribution in [0.2, 0.25) is 0 Å². The summed E-state index contributed by atoms with van der Waals surface area (Å²) >= 11 is 1.58. The van der Waals surface area contributed by atoms with Crippen molar-refractivity contribution < 1.29 is 13.6 Å². The van der Waals surface area contributed by atoms with Crippen LogP contribution in [0.3, 0.4) is 0 Å². The van der Waals surface area contributed by atoms with Gasteiger partial charge in [-0.25, -0.2) is 9.69 Å². The largest absolute Gasteiger partial charge is 0.467 e. The summed E-state index contributed by atoms with van der Waals surface area (Å²) in [6, 6.07) is 19.8. The van der Waals surface area contributed by atoms with E-state index >= 15 is 0 Å². The van der Waals surface area contributed by atoms with Gasteiger partial charge in [-0.2, -0.15) is 10.2 Å². The van der Waals surface area contributed by atoms with Crippen molar-refractivity contribution in [2.24, 2.45) is 5.10 Å². The van der Waals surface area contributed by atoms with Crippen molar-refractivity contribution in [3.8, 4) is 10.6 Å². The number of thiophene rings is 1. The molecule has 0 saturated carbocycles. The van der Waals surface area contributed by atoms with Gasteiger partial charge in [-0.3, -0.25) is 9.59 Å². The molecule has 9 heteroatoms. The number of amides is 1. The molecular weight excluding hydrogens is 464 g/mol. The van der Waals surface area contributed by atoms with Crippen LogP contribution in [0.15, 0.2) is 91.7 Å². The summed E-state index contributed by atoms with van der Waals surface area (Å²) in [5, 5.41) is 11.4. The lowest BCUT2D eigenvalue weighted by Crippen LogP contribution is -2.34. The Kier molecular flexibility index (Phi) is 5.18. The number of fused-ring (bicyclic) bond motifs is 1. The average molecular weight is 485 g/mol. The highest BCUT2D eigenvalue weighted by atomic mass is 32.1. The summed E-state index contributed by atoms with van der Waals surface area (Å²) in [7, 11) is 0. The van der Waals surface area contributed by atoms with Gasteiger partial charge in [0.1, 0.15) is 35.3 Å². The fourth-order valence-corrected chi connectivity index (χ4v) is 5.01. The Hall–Kier alpha value is -4.24. The van der Waals surface area contributed by atoms with Gasteiger partial charge in [-0.05, 0) is 49.4 Å². The third-order valence-electron chi connectivity index (χ3n) is 5.89. The summed E-state index contributed by atoms with van der Waals surface area (Å²) in [5.74, 6) is 0.839. The molecule has 0 saturated heterocycles. The number of furan rings is 2. The van der Waals surface area contributed by atoms with E-state index < -0.39 is 6.04 Å². The van der Waals surface area contributed by atoms with Crippen molar-refractivity contribution in [1.29, 1.82) is 0 Å². The fraction of sp³-hybridized carbons (Fsp3) is 0.154. The van der Waals surface area contributed by atoms with Gasteiger partial charge in [-0.15, -0.1) is 11.3 Å². The number of nitrogens with zero attached hydrogens (tertiary/aromatic N) is 4. The molecular formula is C26H20N4O4S. The normalized spacial score (nSPS) is 15.6. The molecule has 0 radical (unpaired) electrons. The molecule has 5 heterocycles. The number of aryl methyl sites for hydroxylation is 1. The number of hydrogen-bond donors (Lipinski definition) is 0. The van der Waals surface area contributed by atoms with Gasteiger partial charge in [0.15, 0.2) is 5.76 Å². The van der Waals surface area contributed by atoms with Crippen molar-refractivity contribution in [1.82, 2.24) is 14.8 Å². The predicted molar refractivity (Wildman–Crippen MR) is 132 cm³/mol. The van der Waals surface area contributed by atoms with Crippen molar-refractivity contribution in [2.45, 2.75) is 25.9 Å². The minimum absolute atomic E-state index is 0.245. The van der Waals surface area contributed by atoms with Crippen LogP contribution in [0.1, 0.15) is 28.9 Å². The summed E-state index contributed by atoms with van der Waals surface area (Å²) < 4.78 is 12.8. The molecule has 1 aliphatic heterocycles. The van der Waals surface area contributed by atoms with Crippen molar-refractivity contribution in [2.75, 3.05) is 0 Å². The van der Waals surface area contributed by atoms with Crippen LogP contribution in [-0.4, -0.2) is 26.4 Å². The van der Waals surface area contributed by atoms with Gasteiger partial charge in [-0.1, -0.05) is 18.2 Å². The molecule has 1 unspecified atom stereocenters. The molecule has 0 N–H and O–H groups in total. The molecule has 8 nitrogen and oxygen atoms in total. The topological polar surface area (TPSA) is 93.8 Å². The van der Waals surface area contributed by atoms with Crippen LogP contribution in [0.5, 0.6) is 0 Å². The van der Waals surface area contributed by atoms with Crippen LogP contribution in [0.25, 0.3) is 21.5 Å². The molecule has 1 aromatic carbocycles. The molecule has 1 amide bonds. The number of hydrazone groups is 1. The number of benzene rings is 1. The maximum Gasteiger partial charge on any atom is 0.267 e. The number of para-hydroxylation sites is 1. The van der Waals surface area contributed by atoms with Gasteiger partial charge in [0, 0.05) is 22.8 Å². The molecule has 6 rings (SSSR count). The van der Waals surface area contributed by atoms with E-state index in [-0.39, 0.29) is 18.0 Å². The lowest BCUT2D eigenvalue weighted by atomic mass is 10.1. The average Bonchev–Trinajstić information content (AvgIpc) is 3.65. The number of carbonyl (C=O) groups is 1. The van der Waals surface area contributed by atoms with Crippen LogP contribution in [0, 0.1) is 6.92 Å². The van der Waals surface area contributed by atoms with Crippen LogP contribution >= 0.6 is 11.3 Å². The molecule has 0 spiro atoms. The minimum Gasteiger partial charge on any atom is -0.467 e. The third kappa shape index (κ3) is 4.00.